The number of aromatic amines is 2. The number of carbonyl (C=O) groups excluding carboxylic acids is 1. The first-order valence-corrected chi connectivity index (χ1v) is 7.94. The quantitative estimate of drug-likeness (QED) is 0.734. The van der Waals surface area contributed by atoms with Crippen molar-refractivity contribution in [2.75, 3.05) is 5.32 Å². The highest BCUT2D eigenvalue weighted by Gasteiger charge is 2.30. The fraction of sp³-hybridized carbons (Fsp3) is 0.500. The van der Waals surface area contributed by atoms with Gasteiger partial charge < -0.3 is 0 Å². The third-order valence-corrected chi connectivity index (χ3v) is 4.22. The van der Waals surface area contributed by atoms with Crippen LogP contribution in [0, 0.1) is 0 Å². The van der Waals surface area contributed by atoms with Crippen LogP contribution in [0.15, 0.2) is 5.16 Å². The Morgan fingerprint density at radius 2 is 2.14 bits per heavy atom. The molecule has 0 aromatic carbocycles. The van der Waals surface area contributed by atoms with Crippen LogP contribution in [0.4, 0.5) is 5.95 Å². The van der Waals surface area contributed by atoms with E-state index in [1.807, 2.05) is 13.8 Å². The van der Waals surface area contributed by atoms with Gasteiger partial charge in [-0.2, -0.15) is 10.1 Å². The van der Waals surface area contributed by atoms with Crippen LogP contribution in [0.2, 0.25) is 5.02 Å². The maximum atomic E-state index is 12.2. The predicted octanol–water partition coefficient (Wildman–Crippen LogP) is 2.81. The number of carbonyl (C=O) groups is 1. The Balaban J connectivity index is 1.69. The van der Waals surface area contributed by atoms with E-state index >= 15 is 0 Å². The van der Waals surface area contributed by atoms with Crippen molar-refractivity contribution in [2.45, 2.75) is 43.0 Å². The summed E-state index contributed by atoms with van der Waals surface area (Å²) in [5.74, 6) is 0.293. The third-order valence-electron chi connectivity index (χ3n) is 2.97. The second-order valence-corrected chi connectivity index (χ2v) is 7.08. The molecule has 3 N–H and O–H groups in total. The number of rotatable bonds is 5. The summed E-state index contributed by atoms with van der Waals surface area (Å²) in [5.41, 5.74) is 1.03. The van der Waals surface area contributed by atoms with Gasteiger partial charge in [0.2, 0.25) is 11.1 Å². The van der Waals surface area contributed by atoms with E-state index in [0.717, 1.165) is 18.5 Å². The first kappa shape index (κ1) is 14.4. The normalized spacial score (nSPS) is 14.7. The fourth-order valence-electron chi connectivity index (χ4n) is 1.87. The molecule has 1 saturated carbocycles. The van der Waals surface area contributed by atoms with Gasteiger partial charge in [-0.05, 0) is 12.8 Å². The van der Waals surface area contributed by atoms with Crippen molar-refractivity contribution < 1.29 is 4.79 Å². The van der Waals surface area contributed by atoms with E-state index in [2.05, 4.69) is 30.7 Å². The molecule has 0 bridgehead atoms. The molecule has 7 nitrogen and oxygen atoms in total. The molecular formula is C12H15ClN6OS. The van der Waals surface area contributed by atoms with E-state index in [0.29, 0.717) is 21.3 Å². The van der Waals surface area contributed by atoms with Crippen LogP contribution in [0.5, 0.6) is 0 Å². The van der Waals surface area contributed by atoms with Crippen LogP contribution in [-0.4, -0.2) is 36.5 Å². The summed E-state index contributed by atoms with van der Waals surface area (Å²) in [7, 11) is 0. The van der Waals surface area contributed by atoms with E-state index in [4.69, 9.17) is 11.6 Å². The first-order chi connectivity index (χ1) is 10.0. The van der Waals surface area contributed by atoms with Crippen molar-refractivity contribution in [2.24, 2.45) is 0 Å². The number of hydrogen-bond donors (Lipinski definition) is 3. The lowest BCUT2D eigenvalue weighted by molar-refractivity contribution is 0.102. The van der Waals surface area contributed by atoms with Gasteiger partial charge in [0.05, 0.1) is 10.7 Å². The van der Waals surface area contributed by atoms with Crippen molar-refractivity contribution in [3.05, 3.63) is 16.4 Å². The highest BCUT2D eigenvalue weighted by molar-refractivity contribution is 7.99. The van der Waals surface area contributed by atoms with E-state index in [1.54, 1.807) is 0 Å². The van der Waals surface area contributed by atoms with Crippen LogP contribution in [0.25, 0.3) is 0 Å². The standard InChI is InChI=1S/C12H15ClN6OS/c1-5(2)21-12-15-11(18-19-12)14-10(20)9-7(13)8(16-17-9)6-3-4-6/h5-6H,3-4H2,1-2H3,(H,16,17)(H2,14,15,18,19,20). The predicted molar refractivity (Wildman–Crippen MR) is 80.9 cm³/mol. The number of aromatic nitrogens is 5. The zero-order valence-electron chi connectivity index (χ0n) is 11.6. The van der Waals surface area contributed by atoms with Crippen molar-refractivity contribution in [1.82, 2.24) is 25.4 Å². The van der Waals surface area contributed by atoms with E-state index < -0.39 is 5.91 Å². The molecule has 0 unspecified atom stereocenters. The number of amides is 1. The van der Waals surface area contributed by atoms with Crippen LogP contribution in [-0.2, 0) is 0 Å². The summed E-state index contributed by atoms with van der Waals surface area (Å²) in [6.45, 7) is 4.09. The first-order valence-electron chi connectivity index (χ1n) is 6.68. The van der Waals surface area contributed by atoms with Crippen LogP contribution < -0.4 is 5.32 Å². The van der Waals surface area contributed by atoms with Gasteiger partial charge in [-0.1, -0.05) is 37.2 Å². The minimum Gasteiger partial charge on any atom is -0.289 e. The minimum atomic E-state index is -0.402. The number of halogens is 1. The molecule has 0 atom stereocenters. The molecule has 2 aromatic rings. The van der Waals surface area contributed by atoms with Crippen molar-refractivity contribution in [3.8, 4) is 0 Å². The molecule has 1 aliphatic carbocycles. The summed E-state index contributed by atoms with van der Waals surface area (Å²) in [6.07, 6.45) is 2.17. The van der Waals surface area contributed by atoms with Crippen LogP contribution >= 0.6 is 23.4 Å². The summed E-state index contributed by atoms with van der Waals surface area (Å²) in [6, 6.07) is 0. The summed E-state index contributed by atoms with van der Waals surface area (Å²) >= 11 is 7.70. The number of thioether (sulfide) groups is 1. The second-order valence-electron chi connectivity index (χ2n) is 5.16. The zero-order valence-corrected chi connectivity index (χ0v) is 13.2. The molecule has 1 aliphatic rings. The molecule has 9 heteroatoms. The van der Waals surface area contributed by atoms with Gasteiger partial charge in [-0.15, -0.1) is 5.10 Å². The van der Waals surface area contributed by atoms with Gasteiger partial charge in [0, 0.05) is 11.2 Å². The van der Waals surface area contributed by atoms with Crippen LogP contribution in [0.1, 0.15) is 48.8 Å². The average molecular weight is 327 g/mol. The summed E-state index contributed by atoms with van der Waals surface area (Å²) in [4.78, 5) is 16.3. The molecule has 2 aromatic heterocycles. The average Bonchev–Trinajstić information content (AvgIpc) is 3.05. The summed E-state index contributed by atoms with van der Waals surface area (Å²) in [5, 5.41) is 17.5. The van der Waals surface area contributed by atoms with Crippen molar-refractivity contribution in [1.29, 1.82) is 0 Å². The Labute approximate surface area is 130 Å². The monoisotopic (exact) mass is 326 g/mol. The lowest BCUT2D eigenvalue weighted by Crippen LogP contribution is -2.14. The lowest BCUT2D eigenvalue weighted by Gasteiger charge is -1.99. The van der Waals surface area contributed by atoms with E-state index in [9.17, 15) is 4.79 Å². The molecule has 2 heterocycles. The van der Waals surface area contributed by atoms with Gasteiger partial charge in [0.25, 0.3) is 5.91 Å². The lowest BCUT2D eigenvalue weighted by atomic mass is 10.2. The number of H-pyrrole nitrogens is 2. The largest absolute Gasteiger partial charge is 0.289 e. The molecule has 1 fully saturated rings. The Hall–Kier alpha value is -1.54. The van der Waals surface area contributed by atoms with Gasteiger partial charge in [0.15, 0.2) is 5.69 Å². The smallest absolute Gasteiger partial charge is 0.280 e. The molecule has 3 rings (SSSR count). The maximum absolute atomic E-state index is 12.2. The van der Waals surface area contributed by atoms with Gasteiger partial charge in [-0.3, -0.25) is 15.2 Å². The highest BCUT2D eigenvalue weighted by atomic mass is 35.5. The maximum Gasteiger partial charge on any atom is 0.280 e. The molecule has 0 radical (unpaired) electrons. The Morgan fingerprint density at radius 1 is 1.38 bits per heavy atom. The molecule has 0 saturated heterocycles. The number of nitrogens with zero attached hydrogens (tertiary/aromatic N) is 3. The molecule has 0 aliphatic heterocycles. The van der Waals surface area contributed by atoms with Crippen LogP contribution in [0.3, 0.4) is 0 Å². The zero-order chi connectivity index (χ0) is 15.0. The molecule has 0 spiro atoms. The topological polar surface area (TPSA) is 99.4 Å². The van der Waals surface area contributed by atoms with Crippen molar-refractivity contribution in [3.63, 3.8) is 0 Å². The van der Waals surface area contributed by atoms with E-state index in [1.165, 1.54) is 11.8 Å². The molecular weight excluding hydrogens is 312 g/mol. The van der Waals surface area contributed by atoms with Gasteiger partial charge in [0.1, 0.15) is 0 Å². The number of anilines is 1. The Morgan fingerprint density at radius 3 is 2.81 bits per heavy atom. The van der Waals surface area contributed by atoms with Crippen molar-refractivity contribution >= 4 is 35.2 Å². The van der Waals surface area contributed by atoms with Gasteiger partial charge in [-0.25, -0.2) is 5.10 Å². The Bertz CT molecular complexity index is 663. The molecule has 1 amide bonds. The number of hydrogen-bond acceptors (Lipinski definition) is 5. The SMILES string of the molecule is CC(C)Sc1n[nH]c(NC(=O)c2n[nH]c(C3CC3)c2Cl)n1. The minimum absolute atomic E-state index is 0.188. The molecule has 21 heavy (non-hydrogen) atoms. The Kier molecular flexibility index (Phi) is 3.90. The van der Waals surface area contributed by atoms with Gasteiger partial charge >= 0.3 is 0 Å². The number of nitrogens with one attached hydrogen (secondary N) is 3. The molecule has 112 valence electrons. The van der Waals surface area contributed by atoms with E-state index in [-0.39, 0.29) is 11.6 Å². The third kappa shape index (κ3) is 3.21. The highest BCUT2D eigenvalue weighted by Crippen LogP contribution is 2.42. The fourth-order valence-corrected chi connectivity index (χ4v) is 2.86. The summed E-state index contributed by atoms with van der Waals surface area (Å²) < 4.78 is 0. The second kappa shape index (κ2) is 5.69.